The predicted molar refractivity (Wildman–Crippen MR) is 87.6 cm³/mol. The van der Waals surface area contributed by atoms with Crippen LogP contribution in [-0.2, 0) is 11.2 Å². The zero-order valence-corrected chi connectivity index (χ0v) is 13.7. The first kappa shape index (κ1) is 17.2. The fraction of sp³-hybridized carbons (Fsp3) is 0.588. The van der Waals surface area contributed by atoms with Gasteiger partial charge in [0, 0.05) is 18.5 Å². The number of halogens is 2. The first-order valence-electron chi connectivity index (χ1n) is 7.91. The molecule has 0 radical (unpaired) electrons. The summed E-state index contributed by atoms with van der Waals surface area (Å²) in [5, 5.41) is 3.24. The molecule has 1 amide bonds. The zero-order valence-electron chi connectivity index (χ0n) is 12.9. The van der Waals surface area contributed by atoms with Gasteiger partial charge in [0.15, 0.2) is 0 Å². The van der Waals surface area contributed by atoms with E-state index in [1.54, 1.807) is 0 Å². The third kappa shape index (κ3) is 3.61. The fourth-order valence-corrected chi connectivity index (χ4v) is 3.36. The van der Waals surface area contributed by atoms with Crippen molar-refractivity contribution < 1.29 is 9.18 Å². The van der Waals surface area contributed by atoms with Gasteiger partial charge in [-0.25, -0.2) is 4.39 Å². The Kier molecular flexibility index (Phi) is 5.81. The second-order valence-electron chi connectivity index (χ2n) is 6.37. The molecular weight excluding hydrogens is 303 g/mol. The lowest BCUT2D eigenvalue weighted by Crippen LogP contribution is -2.51. The molecule has 0 saturated carbocycles. The summed E-state index contributed by atoms with van der Waals surface area (Å²) in [7, 11) is 0. The molecule has 2 aliphatic heterocycles. The van der Waals surface area contributed by atoms with Gasteiger partial charge in [0.1, 0.15) is 5.82 Å². The number of nitrogens with zero attached hydrogens (tertiary/aromatic N) is 1. The Labute approximate surface area is 137 Å². The molecule has 2 unspecified atom stereocenters. The van der Waals surface area contributed by atoms with Crippen LogP contribution in [0.4, 0.5) is 4.39 Å². The van der Waals surface area contributed by atoms with E-state index in [4.69, 9.17) is 0 Å². The molecule has 0 bridgehead atoms. The molecule has 1 aromatic carbocycles. The van der Waals surface area contributed by atoms with Crippen LogP contribution in [0, 0.1) is 17.7 Å². The first-order valence-corrected chi connectivity index (χ1v) is 7.91. The molecule has 0 aromatic heterocycles. The third-order valence-corrected chi connectivity index (χ3v) is 4.95. The van der Waals surface area contributed by atoms with E-state index in [0.29, 0.717) is 11.8 Å². The molecule has 3 nitrogen and oxygen atoms in total. The Balaban J connectivity index is 0.00000176. The topological polar surface area (TPSA) is 32.3 Å². The van der Waals surface area contributed by atoms with Crippen molar-refractivity contribution in [3.8, 4) is 0 Å². The molecule has 1 aromatic rings. The maximum absolute atomic E-state index is 13.0. The minimum absolute atomic E-state index is 0. The highest BCUT2D eigenvalue weighted by Crippen LogP contribution is 2.26. The Bertz CT molecular complexity index is 504. The number of hydrogen-bond acceptors (Lipinski definition) is 2. The maximum atomic E-state index is 13.0. The fourth-order valence-electron chi connectivity index (χ4n) is 3.36. The van der Waals surface area contributed by atoms with Gasteiger partial charge in [0.25, 0.3) is 0 Å². The number of likely N-dealkylation sites (tertiary alicyclic amines) is 1. The van der Waals surface area contributed by atoms with Gasteiger partial charge in [-0.2, -0.15) is 0 Å². The molecule has 122 valence electrons. The summed E-state index contributed by atoms with van der Waals surface area (Å²) in [6.45, 7) is 4.85. The minimum atomic E-state index is -0.204. The van der Waals surface area contributed by atoms with Crippen LogP contribution in [0.5, 0.6) is 0 Å². The van der Waals surface area contributed by atoms with E-state index < -0.39 is 0 Å². The summed E-state index contributed by atoms with van der Waals surface area (Å²) in [5.74, 6) is 0.694. The van der Waals surface area contributed by atoms with E-state index in [9.17, 15) is 9.18 Å². The highest BCUT2D eigenvalue weighted by Gasteiger charge is 2.36. The van der Waals surface area contributed by atoms with Gasteiger partial charge in [-0.1, -0.05) is 19.1 Å². The Morgan fingerprint density at radius 1 is 1.36 bits per heavy atom. The van der Waals surface area contributed by atoms with Gasteiger partial charge >= 0.3 is 0 Å². The highest BCUT2D eigenvalue weighted by molar-refractivity contribution is 5.85. The molecule has 2 aliphatic rings. The van der Waals surface area contributed by atoms with Crippen LogP contribution in [0.15, 0.2) is 24.3 Å². The molecule has 0 aliphatic carbocycles. The first-order chi connectivity index (χ1) is 10.1. The molecule has 2 fully saturated rings. The van der Waals surface area contributed by atoms with Crippen LogP contribution < -0.4 is 5.32 Å². The standard InChI is InChI=1S/C17H23FN2O.ClH/c1-12(14-10-19-11-14)17(21)20-8-2-3-16(20)9-13-4-6-15(18)7-5-13;/h4-7,12,14,16,19H,2-3,8-11H2,1H3;1H. The van der Waals surface area contributed by atoms with E-state index in [0.717, 1.165) is 44.5 Å². The monoisotopic (exact) mass is 326 g/mol. The summed E-state index contributed by atoms with van der Waals surface area (Å²) in [5.41, 5.74) is 1.11. The molecule has 3 rings (SSSR count). The Morgan fingerprint density at radius 3 is 2.64 bits per heavy atom. The molecule has 22 heavy (non-hydrogen) atoms. The average Bonchev–Trinajstić information content (AvgIpc) is 2.86. The van der Waals surface area contributed by atoms with Crippen LogP contribution in [-0.4, -0.2) is 36.5 Å². The second-order valence-corrected chi connectivity index (χ2v) is 6.37. The summed E-state index contributed by atoms with van der Waals surface area (Å²) >= 11 is 0. The van der Waals surface area contributed by atoms with Crippen molar-refractivity contribution in [2.24, 2.45) is 11.8 Å². The van der Waals surface area contributed by atoms with Crippen molar-refractivity contribution >= 4 is 18.3 Å². The van der Waals surface area contributed by atoms with Gasteiger partial charge < -0.3 is 10.2 Å². The quantitative estimate of drug-likeness (QED) is 0.922. The second kappa shape index (κ2) is 7.42. The van der Waals surface area contributed by atoms with E-state index >= 15 is 0 Å². The molecule has 2 saturated heterocycles. The maximum Gasteiger partial charge on any atom is 0.226 e. The normalized spacial score (nSPS) is 22.8. The van der Waals surface area contributed by atoms with Crippen molar-refractivity contribution in [1.29, 1.82) is 0 Å². The van der Waals surface area contributed by atoms with E-state index in [1.807, 2.05) is 12.1 Å². The molecular formula is C17H24ClFN2O. The largest absolute Gasteiger partial charge is 0.339 e. The molecule has 2 heterocycles. The van der Waals surface area contributed by atoms with Gasteiger partial charge in [-0.15, -0.1) is 12.4 Å². The van der Waals surface area contributed by atoms with Gasteiger partial charge in [-0.05, 0) is 56.0 Å². The lowest BCUT2D eigenvalue weighted by molar-refractivity contribution is -0.138. The van der Waals surface area contributed by atoms with E-state index in [1.165, 1.54) is 12.1 Å². The van der Waals surface area contributed by atoms with Crippen molar-refractivity contribution in [1.82, 2.24) is 10.2 Å². The lowest BCUT2D eigenvalue weighted by Gasteiger charge is -2.35. The van der Waals surface area contributed by atoms with Gasteiger partial charge in [-0.3, -0.25) is 4.79 Å². The number of rotatable bonds is 4. The molecule has 5 heteroatoms. The summed E-state index contributed by atoms with van der Waals surface area (Å²) in [4.78, 5) is 14.7. The van der Waals surface area contributed by atoms with E-state index in [-0.39, 0.29) is 30.2 Å². The number of carbonyl (C=O) groups excluding carboxylic acids is 1. The predicted octanol–water partition coefficient (Wildman–Crippen LogP) is 2.64. The summed E-state index contributed by atoms with van der Waals surface area (Å²) in [6.07, 6.45) is 2.97. The average molecular weight is 327 g/mol. The van der Waals surface area contributed by atoms with Crippen molar-refractivity contribution in [2.45, 2.75) is 32.2 Å². The van der Waals surface area contributed by atoms with Gasteiger partial charge in [0.05, 0.1) is 0 Å². The molecule has 0 spiro atoms. The lowest BCUT2D eigenvalue weighted by atomic mass is 9.87. The summed E-state index contributed by atoms with van der Waals surface area (Å²) < 4.78 is 13.0. The number of amides is 1. The SMILES string of the molecule is CC(C(=O)N1CCCC1Cc1ccc(F)cc1)C1CNC1.Cl. The minimum Gasteiger partial charge on any atom is -0.339 e. The van der Waals surface area contributed by atoms with E-state index in [2.05, 4.69) is 17.1 Å². The van der Waals surface area contributed by atoms with Crippen LogP contribution >= 0.6 is 12.4 Å². The zero-order chi connectivity index (χ0) is 14.8. The number of benzene rings is 1. The van der Waals surface area contributed by atoms with Crippen molar-refractivity contribution in [3.63, 3.8) is 0 Å². The smallest absolute Gasteiger partial charge is 0.226 e. The Morgan fingerprint density at radius 2 is 2.05 bits per heavy atom. The highest BCUT2D eigenvalue weighted by atomic mass is 35.5. The number of hydrogen-bond donors (Lipinski definition) is 1. The van der Waals surface area contributed by atoms with Crippen LogP contribution in [0.2, 0.25) is 0 Å². The third-order valence-electron chi connectivity index (χ3n) is 4.95. The van der Waals surface area contributed by atoms with Crippen molar-refractivity contribution in [2.75, 3.05) is 19.6 Å². The summed E-state index contributed by atoms with van der Waals surface area (Å²) in [6, 6.07) is 6.93. The van der Waals surface area contributed by atoms with Crippen LogP contribution in [0.1, 0.15) is 25.3 Å². The van der Waals surface area contributed by atoms with Gasteiger partial charge in [0.2, 0.25) is 5.91 Å². The van der Waals surface area contributed by atoms with Crippen LogP contribution in [0.3, 0.4) is 0 Å². The van der Waals surface area contributed by atoms with Crippen LogP contribution in [0.25, 0.3) is 0 Å². The number of nitrogens with one attached hydrogen (secondary N) is 1. The number of carbonyl (C=O) groups is 1. The Hall–Kier alpha value is -1.13. The van der Waals surface area contributed by atoms with Crippen molar-refractivity contribution in [3.05, 3.63) is 35.6 Å². The molecule has 2 atom stereocenters. The molecule has 1 N–H and O–H groups in total.